The summed E-state index contributed by atoms with van der Waals surface area (Å²) in [6.07, 6.45) is 2.41. The molecule has 0 spiro atoms. The molecule has 2 aliphatic rings. The summed E-state index contributed by atoms with van der Waals surface area (Å²) in [4.78, 5) is 26.1. The van der Waals surface area contributed by atoms with E-state index in [4.69, 9.17) is 11.6 Å². The third-order valence-corrected chi connectivity index (χ3v) is 4.52. The maximum atomic E-state index is 12.6. The van der Waals surface area contributed by atoms with Gasteiger partial charge >= 0.3 is 0 Å². The minimum atomic E-state index is -0.343. The molecule has 112 valence electrons. The summed E-state index contributed by atoms with van der Waals surface area (Å²) < 4.78 is 0. The number of hydrogen-bond acceptors (Lipinski definition) is 2. The first-order chi connectivity index (χ1) is 10.0. The van der Waals surface area contributed by atoms with E-state index in [0.717, 1.165) is 24.0 Å². The lowest BCUT2D eigenvalue weighted by atomic mass is 10.1. The van der Waals surface area contributed by atoms with Crippen LogP contribution in [-0.2, 0) is 16.1 Å². The SMILES string of the molecule is Cc1ccc(CN2CCC(=O)NC(C3CC3)C2=O)c(Cl)c1. The molecule has 1 aromatic carbocycles. The topological polar surface area (TPSA) is 49.4 Å². The highest BCUT2D eigenvalue weighted by Gasteiger charge is 2.40. The van der Waals surface area contributed by atoms with Gasteiger partial charge in [0.1, 0.15) is 6.04 Å². The van der Waals surface area contributed by atoms with Crippen LogP contribution in [0, 0.1) is 12.8 Å². The highest BCUT2D eigenvalue weighted by molar-refractivity contribution is 6.31. The fraction of sp³-hybridized carbons (Fsp3) is 0.500. The highest BCUT2D eigenvalue weighted by atomic mass is 35.5. The van der Waals surface area contributed by atoms with Gasteiger partial charge in [-0.05, 0) is 42.9 Å². The minimum Gasteiger partial charge on any atom is -0.344 e. The Morgan fingerprint density at radius 3 is 2.76 bits per heavy atom. The Labute approximate surface area is 129 Å². The maximum absolute atomic E-state index is 12.6. The second-order valence-electron chi connectivity index (χ2n) is 5.99. The molecule has 3 rings (SSSR count). The number of benzene rings is 1. The molecule has 1 atom stereocenters. The molecule has 0 aromatic heterocycles. The van der Waals surface area contributed by atoms with E-state index in [1.165, 1.54) is 0 Å². The Morgan fingerprint density at radius 2 is 2.10 bits per heavy atom. The molecule has 1 saturated heterocycles. The van der Waals surface area contributed by atoms with E-state index in [9.17, 15) is 9.59 Å². The second-order valence-corrected chi connectivity index (χ2v) is 6.39. The van der Waals surface area contributed by atoms with Crippen LogP contribution in [0.4, 0.5) is 0 Å². The van der Waals surface area contributed by atoms with Crippen molar-refractivity contribution >= 4 is 23.4 Å². The predicted octanol–water partition coefficient (Wildman–Crippen LogP) is 2.28. The highest BCUT2D eigenvalue weighted by Crippen LogP contribution is 2.34. The molecule has 4 nitrogen and oxygen atoms in total. The summed E-state index contributed by atoms with van der Waals surface area (Å²) in [5.41, 5.74) is 2.03. The predicted molar refractivity (Wildman–Crippen MR) is 80.9 cm³/mol. The van der Waals surface area contributed by atoms with Gasteiger partial charge in [0.05, 0.1) is 0 Å². The van der Waals surface area contributed by atoms with Crippen molar-refractivity contribution in [3.63, 3.8) is 0 Å². The van der Waals surface area contributed by atoms with E-state index in [1.54, 1.807) is 4.90 Å². The van der Waals surface area contributed by atoms with Gasteiger partial charge in [0.25, 0.3) is 0 Å². The zero-order chi connectivity index (χ0) is 15.0. The Morgan fingerprint density at radius 1 is 1.33 bits per heavy atom. The molecule has 5 heteroatoms. The molecule has 1 saturated carbocycles. The number of amides is 2. The third-order valence-electron chi connectivity index (χ3n) is 4.17. The zero-order valence-corrected chi connectivity index (χ0v) is 12.8. The standard InChI is InChI=1S/C16H19ClN2O2/c1-10-2-3-12(13(17)8-10)9-19-7-6-14(20)18-15(16(19)21)11-4-5-11/h2-3,8,11,15H,4-7,9H2,1H3,(H,18,20). The molecule has 1 aliphatic heterocycles. The number of halogens is 1. The molecule has 2 amide bonds. The quantitative estimate of drug-likeness (QED) is 0.931. The summed E-state index contributed by atoms with van der Waals surface area (Å²) in [6.45, 7) is 2.91. The average Bonchev–Trinajstić information content (AvgIpc) is 3.26. The number of hydrogen-bond donors (Lipinski definition) is 1. The molecule has 0 radical (unpaired) electrons. The van der Waals surface area contributed by atoms with Crippen LogP contribution in [0.3, 0.4) is 0 Å². The van der Waals surface area contributed by atoms with Crippen LogP contribution < -0.4 is 5.32 Å². The van der Waals surface area contributed by atoms with Crippen LogP contribution in [0.2, 0.25) is 5.02 Å². The van der Waals surface area contributed by atoms with Gasteiger partial charge in [-0.25, -0.2) is 0 Å². The first kappa shape index (κ1) is 14.4. The molecule has 0 bridgehead atoms. The van der Waals surface area contributed by atoms with Crippen molar-refractivity contribution in [2.45, 2.75) is 38.8 Å². The van der Waals surface area contributed by atoms with Crippen LogP contribution in [0.5, 0.6) is 0 Å². The maximum Gasteiger partial charge on any atom is 0.245 e. The molecular weight excluding hydrogens is 288 g/mol. The van der Waals surface area contributed by atoms with E-state index in [0.29, 0.717) is 30.5 Å². The van der Waals surface area contributed by atoms with Gasteiger partial charge in [-0.15, -0.1) is 0 Å². The van der Waals surface area contributed by atoms with Gasteiger partial charge in [0, 0.05) is 24.5 Å². The van der Waals surface area contributed by atoms with Crippen LogP contribution in [0.15, 0.2) is 18.2 Å². The van der Waals surface area contributed by atoms with Crippen molar-refractivity contribution in [1.29, 1.82) is 0 Å². The lowest BCUT2D eigenvalue weighted by Crippen LogP contribution is -2.45. The van der Waals surface area contributed by atoms with Crippen LogP contribution in [0.1, 0.15) is 30.4 Å². The van der Waals surface area contributed by atoms with Crippen molar-refractivity contribution in [3.8, 4) is 0 Å². The largest absolute Gasteiger partial charge is 0.344 e. The van der Waals surface area contributed by atoms with Crippen molar-refractivity contribution in [2.75, 3.05) is 6.54 Å². The van der Waals surface area contributed by atoms with Gasteiger partial charge in [0.15, 0.2) is 0 Å². The van der Waals surface area contributed by atoms with Gasteiger partial charge < -0.3 is 10.2 Å². The molecule has 1 unspecified atom stereocenters. The summed E-state index contributed by atoms with van der Waals surface area (Å²) in [6, 6.07) is 5.51. The lowest BCUT2D eigenvalue weighted by molar-refractivity contribution is -0.134. The van der Waals surface area contributed by atoms with E-state index >= 15 is 0 Å². The molecule has 21 heavy (non-hydrogen) atoms. The van der Waals surface area contributed by atoms with E-state index < -0.39 is 0 Å². The summed E-state index contributed by atoms with van der Waals surface area (Å²) in [5.74, 6) is 0.313. The van der Waals surface area contributed by atoms with Gasteiger partial charge in [0.2, 0.25) is 11.8 Å². The molecule has 1 heterocycles. The van der Waals surface area contributed by atoms with Gasteiger partial charge in [-0.3, -0.25) is 9.59 Å². The third kappa shape index (κ3) is 3.21. The van der Waals surface area contributed by atoms with Gasteiger partial charge in [-0.2, -0.15) is 0 Å². The van der Waals surface area contributed by atoms with Crippen LogP contribution >= 0.6 is 11.6 Å². The number of nitrogens with zero attached hydrogens (tertiary/aromatic N) is 1. The fourth-order valence-electron chi connectivity index (χ4n) is 2.74. The number of nitrogens with one attached hydrogen (secondary N) is 1. The van der Waals surface area contributed by atoms with Crippen molar-refractivity contribution in [1.82, 2.24) is 10.2 Å². The second kappa shape index (κ2) is 5.68. The Kier molecular flexibility index (Phi) is 3.89. The molecule has 1 aromatic rings. The van der Waals surface area contributed by atoms with Gasteiger partial charge in [-0.1, -0.05) is 23.7 Å². The fourth-order valence-corrected chi connectivity index (χ4v) is 3.04. The van der Waals surface area contributed by atoms with Crippen molar-refractivity contribution < 1.29 is 9.59 Å². The zero-order valence-electron chi connectivity index (χ0n) is 12.1. The molecule has 2 fully saturated rings. The number of aryl methyl sites for hydroxylation is 1. The number of carbonyl (C=O) groups is 2. The first-order valence-electron chi connectivity index (χ1n) is 7.38. The Balaban J connectivity index is 1.79. The summed E-state index contributed by atoms with van der Waals surface area (Å²) >= 11 is 6.26. The number of rotatable bonds is 3. The average molecular weight is 307 g/mol. The molecule has 1 aliphatic carbocycles. The normalized spacial score (nSPS) is 23.0. The summed E-state index contributed by atoms with van der Waals surface area (Å²) in [5, 5.41) is 3.54. The Bertz CT molecular complexity index is 584. The molecular formula is C16H19ClN2O2. The van der Waals surface area contributed by atoms with Crippen molar-refractivity contribution in [2.24, 2.45) is 5.92 Å². The monoisotopic (exact) mass is 306 g/mol. The molecule has 1 N–H and O–H groups in total. The smallest absolute Gasteiger partial charge is 0.245 e. The summed E-state index contributed by atoms with van der Waals surface area (Å²) in [7, 11) is 0. The number of carbonyl (C=O) groups excluding carboxylic acids is 2. The van der Waals surface area contributed by atoms with E-state index in [2.05, 4.69) is 5.32 Å². The van der Waals surface area contributed by atoms with Crippen LogP contribution in [-0.4, -0.2) is 29.3 Å². The van der Waals surface area contributed by atoms with Crippen molar-refractivity contribution in [3.05, 3.63) is 34.3 Å². The van der Waals surface area contributed by atoms with E-state index in [1.807, 2.05) is 25.1 Å². The first-order valence-corrected chi connectivity index (χ1v) is 7.75. The lowest BCUT2D eigenvalue weighted by Gasteiger charge is -2.24. The van der Waals surface area contributed by atoms with Crippen LogP contribution in [0.25, 0.3) is 0 Å². The Hall–Kier alpha value is -1.55. The minimum absolute atomic E-state index is 0.0278. The van der Waals surface area contributed by atoms with E-state index in [-0.39, 0.29) is 17.9 Å².